The molecule has 1 aliphatic rings. The Kier molecular flexibility index (Phi) is 5.15. The van der Waals surface area contributed by atoms with Crippen molar-refractivity contribution in [3.05, 3.63) is 41.5 Å². The first kappa shape index (κ1) is 16.9. The fraction of sp³-hybridized carbons (Fsp3) is 0.375. The van der Waals surface area contributed by atoms with Crippen LogP contribution in [0.5, 0.6) is 0 Å². The van der Waals surface area contributed by atoms with Crippen molar-refractivity contribution in [2.24, 2.45) is 0 Å². The molecule has 0 radical (unpaired) electrons. The third kappa shape index (κ3) is 3.93. The summed E-state index contributed by atoms with van der Waals surface area (Å²) >= 11 is 1.05. The van der Waals surface area contributed by atoms with Crippen molar-refractivity contribution in [3.63, 3.8) is 0 Å². The van der Waals surface area contributed by atoms with E-state index in [0.29, 0.717) is 11.3 Å². The van der Waals surface area contributed by atoms with E-state index in [-0.39, 0.29) is 10.1 Å². The number of sulfonamides is 1. The number of amides is 1. The molecule has 3 heterocycles. The van der Waals surface area contributed by atoms with Gasteiger partial charge in [-0.05, 0) is 31.0 Å². The number of rotatable bonds is 4. The van der Waals surface area contributed by atoms with E-state index in [9.17, 15) is 13.2 Å². The van der Waals surface area contributed by atoms with Gasteiger partial charge in [-0.25, -0.2) is 8.42 Å². The van der Waals surface area contributed by atoms with Crippen LogP contribution in [-0.4, -0.2) is 37.3 Å². The predicted octanol–water partition coefficient (Wildman–Crippen LogP) is 2.96. The number of carbonyl (C=O) groups excluding carboxylic acids is 1. The first-order valence-electron chi connectivity index (χ1n) is 7.87. The molecule has 3 rings (SSSR count). The Morgan fingerprint density at radius 2 is 1.96 bits per heavy atom. The second kappa shape index (κ2) is 7.31. The van der Waals surface area contributed by atoms with Gasteiger partial charge in [0.2, 0.25) is 0 Å². The number of aromatic nitrogens is 1. The maximum absolute atomic E-state index is 12.6. The van der Waals surface area contributed by atoms with Gasteiger partial charge in [-0.2, -0.15) is 0 Å². The van der Waals surface area contributed by atoms with Crippen LogP contribution in [0.4, 0.5) is 5.69 Å². The molecule has 0 spiro atoms. The molecule has 2 aromatic heterocycles. The van der Waals surface area contributed by atoms with Gasteiger partial charge < -0.3 is 4.90 Å². The molecule has 1 fully saturated rings. The van der Waals surface area contributed by atoms with Crippen LogP contribution in [0.3, 0.4) is 0 Å². The van der Waals surface area contributed by atoms with Gasteiger partial charge in [-0.3, -0.25) is 14.5 Å². The van der Waals surface area contributed by atoms with E-state index in [1.165, 1.54) is 12.3 Å². The molecule has 24 heavy (non-hydrogen) atoms. The number of likely N-dealkylation sites (tertiary alicyclic amines) is 1. The molecule has 6 nitrogen and oxygen atoms in total. The van der Waals surface area contributed by atoms with Crippen LogP contribution in [0.25, 0.3) is 0 Å². The summed E-state index contributed by atoms with van der Waals surface area (Å²) in [5.41, 5.74) is 0.833. The number of nitrogens with one attached hydrogen (secondary N) is 1. The SMILES string of the molecule is O=C(c1csc(S(=O)(=O)Nc2cccnc2)c1)N1CCCCCC1. The lowest BCUT2D eigenvalue weighted by molar-refractivity contribution is 0.0762. The quantitative estimate of drug-likeness (QED) is 0.903. The highest BCUT2D eigenvalue weighted by Gasteiger charge is 2.22. The van der Waals surface area contributed by atoms with Crippen LogP contribution in [0.2, 0.25) is 0 Å². The maximum Gasteiger partial charge on any atom is 0.271 e. The minimum atomic E-state index is -3.71. The highest BCUT2D eigenvalue weighted by atomic mass is 32.2. The summed E-state index contributed by atoms with van der Waals surface area (Å²) in [6, 6.07) is 4.73. The molecule has 0 bridgehead atoms. The number of pyridine rings is 1. The Morgan fingerprint density at radius 1 is 1.21 bits per heavy atom. The molecule has 0 aliphatic carbocycles. The first-order chi connectivity index (χ1) is 11.6. The Labute approximate surface area is 145 Å². The van der Waals surface area contributed by atoms with Gasteiger partial charge in [-0.1, -0.05) is 12.8 Å². The number of carbonyl (C=O) groups is 1. The van der Waals surface area contributed by atoms with Gasteiger partial charge in [0.25, 0.3) is 15.9 Å². The minimum absolute atomic E-state index is 0.0871. The van der Waals surface area contributed by atoms with Gasteiger partial charge in [0.15, 0.2) is 0 Å². The summed E-state index contributed by atoms with van der Waals surface area (Å²) in [6.45, 7) is 1.48. The number of hydrogen-bond donors (Lipinski definition) is 1. The lowest BCUT2D eigenvalue weighted by atomic mass is 10.2. The zero-order chi connectivity index (χ0) is 17.0. The number of hydrogen-bond acceptors (Lipinski definition) is 5. The average Bonchev–Trinajstić information content (AvgIpc) is 2.92. The largest absolute Gasteiger partial charge is 0.339 e. The summed E-state index contributed by atoms with van der Waals surface area (Å²) in [5, 5.41) is 1.62. The van der Waals surface area contributed by atoms with Crippen LogP contribution in [0, 0.1) is 0 Å². The van der Waals surface area contributed by atoms with Crippen LogP contribution < -0.4 is 4.72 Å². The Hall–Kier alpha value is -1.93. The summed E-state index contributed by atoms with van der Waals surface area (Å²) in [5.74, 6) is -0.0871. The molecule has 0 aromatic carbocycles. The van der Waals surface area contributed by atoms with Crippen molar-refractivity contribution >= 4 is 33.0 Å². The van der Waals surface area contributed by atoms with Crippen LogP contribution >= 0.6 is 11.3 Å². The molecule has 1 aliphatic heterocycles. The van der Waals surface area contributed by atoms with E-state index in [4.69, 9.17) is 0 Å². The fourth-order valence-corrected chi connectivity index (χ4v) is 4.85. The average molecular weight is 365 g/mol. The van der Waals surface area contributed by atoms with Gasteiger partial charge in [0.1, 0.15) is 4.21 Å². The van der Waals surface area contributed by atoms with Gasteiger partial charge >= 0.3 is 0 Å². The molecular weight excluding hydrogens is 346 g/mol. The molecule has 0 atom stereocenters. The van der Waals surface area contributed by atoms with Gasteiger partial charge in [0, 0.05) is 24.7 Å². The second-order valence-electron chi connectivity index (χ2n) is 5.71. The third-order valence-electron chi connectivity index (χ3n) is 3.89. The summed E-state index contributed by atoms with van der Waals surface area (Å²) in [6.07, 6.45) is 7.30. The summed E-state index contributed by atoms with van der Waals surface area (Å²) < 4.78 is 27.4. The molecule has 128 valence electrons. The van der Waals surface area contributed by atoms with Crippen molar-refractivity contribution in [2.45, 2.75) is 29.9 Å². The van der Waals surface area contributed by atoms with Crippen molar-refractivity contribution < 1.29 is 13.2 Å². The lowest BCUT2D eigenvalue weighted by Gasteiger charge is -2.19. The van der Waals surface area contributed by atoms with Crippen molar-refractivity contribution in [1.29, 1.82) is 0 Å². The van der Waals surface area contributed by atoms with Crippen molar-refractivity contribution in [1.82, 2.24) is 9.88 Å². The van der Waals surface area contributed by atoms with Crippen LogP contribution in [-0.2, 0) is 10.0 Å². The molecule has 0 saturated carbocycles. The van der Waals surface area contributed by atoms with Crippen LogP contribution in [0.1, 0.15) is 36.0 Å². The van der Waals surface area contributed by atoms with Crippen molar-refractivity contribution in [2.75, 3.05) is 17.8 Å². The summed E-state index contributed by atoms with van der Waals surface area (Å²) in [4.78, 5) is 18.3. The third-order valence-corrected chi connectivity index (χ3v) is 6.72. The maximum atomic E-state index is 12.6. The van der Waals surface area contributed by atoms with E-state index in [0.717, 1.165) is 50.1 Å². The van der Waals surface area contributed by atoms with Crippen molar-refractivity contribution in [3.8, 4) is 0 Å². The number of nitrogens with zero attached hydrogens (tertiary/aromatic N) is 2. The monoisotopic (exact) mass is 365 g/mol. The van der Waals surface area contributed by atoms with Gasteiger partial charge in [0.05, 0.1) is 17.4 Å². The predicted molar refractivity (Wildman–Crippen MR) is 93.7 cm³/mol. The van der Waals surface area contributed by atoms with Crippen LogP contribution in [0.15, 0.2) is 40.2 Å². The smallest absolute Gasteiger partial charge is 0.271 e. The number of thiophene rings is 1. The first-order valence-corrected chi connectivity index (χ1v) is 10.2. The van der Waals surface area contributed by atoms with E-state index in [1.54, 1.807) is 23.7 Å². The molecule has 1 N–H and O–H groups in total. The zero-order valence-corrected chi connectivity index (χ0v) is 14.8. The molecule has 1 saturated heterocycles. The summed E-state index contributed by atoms with van der Waals surface area (Å²) in [7, 11) is -3.71. The highest BCUT2D eigenvalue weighted by molar-refractivity contribution is 7.94. The molecular formula is C16H19N3O3S2. The zero-order valence-electron chi connectivity index (χ0n) is 13.1. The standard InChI is InChI=1S/C16H19N3O3S2/c20-16(19-8-3-1-2-4-9-19)13-10-15(23-12-13)24(21,22)18-14-6-5-7-17-11-14/h5-7,10-12,18H,1-4,8-9H2. The Bertz CT molecular complexity index is 795. The topological polar surface area (TPSA) is 79.4 Å². The second-order valence-corrected chi connectivity index (χ2v) is 8.53. The minimum Gasteiger partial charge on any atom is -0.339 e. The van der Waals surface area contributed by atoms with E-state index in [2.05, 4.69) is 9.71 Å². The van der Waals surface area contributed by atoms with E-state index < -0.39 is 10.0 Å². The number of anilines is 1. The normalized spacial score (nSPS) is 15.8. The van der Waals surface area contributed by atoms with Gasteiger partial charge in [-0.15, -0.1) is 11.3 Å². The molecule has 0 unspecified atom stereocenters. The highest BCUT2D eigenvalue weighted by Crippen LogP contribution is 2.24. The lowest BCUT2D eigenvalue weighted by Crippen LogP contribution is -2.31. The van der Waals surface area contributed by atoms with E-state index >= 15 is 0 Å². The molecule has 2 aromatic rings. The fourth-order valence-electron chi connectivity index (χ4n) is 2.65. The van der Waals surface area contributed by atoms with E-state index in [1.807, 2.05) is 4.90 Å². The molecule has 1 amide bonds. The molecule has 8 heteroatoms. The Balaban J connectivity index is 1.75. The Morgan fingerprint density at radius 3 is 2.62 bits per heavy atom.